The molecular formula is C10H14O3. The molecule has 3 nitrogen and oxygen atoms in total. The van der Waals surface area contributed by atoms with Gasteiger partial charge >= 0.3 is 5.97 Å². The van der Waals surface area contributed by atoms with Crippen molar-refractivity contribution < 1.29 is 14.3 Å². The topological polar surface area (TPSA) is 38.8 Å². The predicted molar refractivity (Wildman–Crippen MR) is 49.3 cm³/mol. The summed E-state index contributed by atoms with van der Waals surface area (Å²) in [6.45, 7) is 8.24. The first-order valence-corrected chi connectivity index (χ1v) is 4.31. The molecule has 0 spiro atoms. The third-order valence-electron chi connectivity index (χ3n) is 1.74. The van der Waals surface area contributed by atoms with Gasteiger partial charge in [-0.25, -0.2) is 4.79 Å². The van der Waals surface area contributed by atoms with Gasteiger partial charge in [-0.3, -0.25) is 0 Å². The van der Waals surface area contributed by atoms with Crippen LogP contribution in [0.15, 0.2) is 24.8 Å². The zero-order valence-electron chi connectivity index (χ0n) is 7.62. The standard InChI is InChI=1S/C10H14O3/c1-3-4-5-8(2)10(11)13-7-9-6-12-9/h3,9H,1-2,4-7H2. The van der Waals surface area contributed by atoms with E-state index in [0.29, 0.717) is 25.2 Å². The molecular weight excluding hydrogens is 168 g/mol. The van der Waals surface area contributed by atoms with Gasteiger partial charge in [-0.15, -0.1) is 6.58 Å². The molecule has 0 aliphatic carbocycles. The molecule has 0 saturated carbocycles. The van der Waals surface area contributed by atoms with E-state index in [1.165, 1.54) is 0 Å². The normalized spacial score (nSPS) is 19.2. The monoisotopic (exact) mass is 182 g/mol. The molecule has 1 saturated heterocycles. The van der Waals surface area contributed by atoms with Gasteiger partial charge in [0.2, 0.25) is 0 Å². The minimum absolute atomic E-state index is 0.121. The second-order valence-corrected chi connectivity index (χ2v) is 2.98. The van der Waals surface area contributed by atoms with Gasteiger partial charge in [0.1, 0.15) is 12.7 Å². The van der Waals surface area contributed by atoms with Crippen molar-refractivity contribution in [3.8, 4) is 0 Å². The summed E-state index contributed by atoms with van der Waals surface area (Å²) in [7, 11) is 0. The molecule has 0 aromatic rings. The Morgan fingerprint density at radius 2 is 2.38 bits per heavy atom. The third-order valence-corrected chi connectivity index (χ3v) is 1.74. The Kier molecular flexibility index (Phi) is 3.71. The van der Waals surface area contributed by atoms with Crippen LogP contribution < -0.4 is 0 Å². The average molecular weight is 182 g/mol. The number of hydrogen-bond acceptors (Lipinski definition) is 3. The fourth-order valence-electron chi connectivity index (χ4n) is 0.813. The van der Waals surface area contributed by atoms with Crippen LogP contribution in [0.3, 0.4) is 0 Å². The van der Waals surface area contributed by atoms with Crippen LogP contribution in [-0.4, -0.2) is 25.3 Å². The van der Waals surface area contributed by atoms with Crippen molar-refractivity contribution in [3.63, 3.8) is 0 Å². The van der Waals surface area contributed by atoms with Crippen LogP contribution in [0, 0.1) is 0 Å². The maximum Gasteiger partial charge on any atom is 0.333 e. The number of esters is 1. The highest BCUT2D eigenvalue weighted by atomic mass is 16.6. The van der Waals surface area contributed by atoms with Crippen LogP contribution >= 0.6 is 0 Å². The summed E-state index contributed by atoms with van der Waals surface area (Å²) in [6, 6.07) is 0. The maximum atomic E-state index is 11.2. The number of carbonyl (C=O) groups excluding carboxylic acids is 1. The largest absolute Gasteiger partial charge is 0.459 e. The Morgan fingerprint density at radius 3 is 2.92 bits per heavy atom. The van der Waals surface area contributed by atoms with Crippen molar-refractivity contribution in [3.05, 3.63) is 24.8 Å². The van der Waals surface area contributed by atoms with E-state index in [2.05, 4.69) is 13.2 Å². The summed E-state index contributed by atoms with van der Waals surface area (Å²) in [5, 5.41) is 0. The molecule has 1 rings (SSSR count). The quantitative estimate of drug-likeness (QED) is 0.270. The van der Waals surface area contributed by atoms with Crippen molar-refractivity contribution in [2.45, 2.75) is 18.9 Å². The van der Waals surface area contributed by atoms with Crippen molar-refractivity contribution >= 4 is 5.97 Å². The molecule has 0 N–H and O–H groups in total. The van der Waals surface area contributed by atoms with Gasteiger partial charge in [-0.05, 0) is 12.8 Å². The molecule has 1 aliphatic rings. The lowest BCUT2D eigenvalue weighted by Gasteiger charge is -2.03. The summed E-state index contributed by atoms with van der Waals surface area (Å²) in [4.78, 5) is 11.2. The lowest BCUT2D eigenvalue weighted by Crippen LogP contribution is -2.11. The van der Waals surface area contributed by atoms with Crippen LogP contribution in [0.25, 0.3) is 0 Å². The van der Waals surface area contributed by atoms with Gasteiger partial charge in [0.05, 0.1) is 6.61 Å². The Labute approximate surface area is 78.0 Å². The van der Waals surface area contributed by atoms with Gasteiger partial charge in [-0.2, -0.15) is 0 Å². The van der Waals surface area contributed by atoms with E-state index in [1.54, 1.807) is 6.08 Å². The molecule has 72 valence electrons. The first kappa shape index (κ1) is 9.99. The molecule has 1 atom stereocenters. The first-order chi connectivity index (χ1) is 6.24. The average Bonchev–Trinajstić information content (AvgIpc) is 2.93. The Morgan fingerprint density at radius 1 is 1.69 bits per heavy atom. The number of rotatable bonds is 6. The zero-order chi connectivity index (χ0) is 9.68. The van der Waals surface area contributed by atoms with Gasteiger partial charge in [0, 0.05) is 5.57 Å². The van der Waals surface area contributed by atoms with Crippen molar-refractivity contribution in [2.24, 2.45) is 0 Å². The molecule has 1 fully saturated rings. The van der Waals surface area contributed by atoms with Crippen LogP contribution in [0.2, 0.25) is 0 Å². The fraction of sp³-hybridized carbons (Fsp3) is 0.500. The van der Waals surface area contributed by atoms with E-state index in [1.807, 2.05) is 0 Å². The summed E-state index contributed by atoms with van der Waals surface area (Å²) >= 11 is 0. The first-order valence-electron chi connectivity index (χ1n) is 4.31. The van der Waals surface area contributed by atoms with E-state index in [0.717, 1.165) is 6.42 Å². The highest BCUT2D eigenvalue weighted by Crippen LogP contribution is 2.11. The van der Waals surface area contributed by atoms with Gasteiger partial charge in [-0.1, -0.05) is 12.7 Å². The minimum Gasteiger partial charge on any atom is -0.459 e. The van der Waals surface area contributed by atoms with Crippen LogP contribution in [-0.2, 0) is 14.3 Å². The molecule has 1 aliphatic heterocycles. The smallest absolute Gasteiger partial charge is 0.333 e. The zero-order valence-corrected chi connectivity index (χ0v) is 7.62. The molecule has 1 unspecified atom stereocenters. The van der Waals surface area contributed by atoms with Crippen LogP contribution in [0.4, 0.5) is 0 Å². The molecule has 0 radical (unpaired) electrons. The second kappa shape index (κ2) is 4.82. The molecule has 0 amide bonds. The molecule has 1 heterocycles. The van der Waals surface area contributed by atoms with Crippen molar-refractivity contribution in [1.82, 2.24) is 0 Å². The Bertz CT molecular complexity index is 216. The summed E-state index contributed by atoms with van der Waals surface area (Å²) in [5.41, 5.74) is 0.501. The molecule has 0 aromatic carbocycles. The van der Waals surface area contributed by atoms with Crippen LogP contribution in [0.1, 0.15) is 12.8 Å². The Hall–Kier alpha value is -1.09. The second-order valence-electron chi connectivity index (χ2n) is 2.98. The van der Waals surface area contributed by atoms with Crippen molar-refractivity contribution in [1.29, 1.82) is 0 Å². The van der Waals surface area contributed by atoms with E-state index >= 15 is 0 Å². The van der Waals surface area contributed by atoms with E-state index in [-0.39, 0.29) is 12.1 Å². The van der Waals surface area contributed by atoms with Gasteiger partial charge in [0.25, 0.3) is 0 Å². The summed E-state index contributed by atoms with van der Waals surface area (Å²) in [5.74, 6) is -0.322. The lowest BCUT2D eigenvalue weighted by atomic mass is 10.2. The highest BCUT2D eigenvalue weighted by molar-refractivity contribution is 5.87. The summed E-state index contributed by atoms with van der Waals surface area (Å²) < 4.78 is 9.82. The third kappa shape index (κ3) is 3.90. The molecule has 3 heteroatoms. The lowest BCUT2D eigenvalue weighted by molar-refractivity contribution is -0.139. The molecule has 0 aromatic heterocycles. The molecule has 0 bridgehead atoms. The number of ether oxygens (including phenoxy) is 2. The number of hydrogen-bond donors (Lipinski definition) is 0. The predicted octanol–water partition coefficient (Wildman–Crippen LogP) is 1.45. The number of carbonyl (C=O) groups is 1. The highest BCUT2D eigenvalue weighted by Gasteiger charge is 2.24. The summed E-state index contributed by atoms with van der Waals surface area (Å²) in [6.07, 6.45) is 3.25. The van der Waals surface area contributed by atoms with Gasteiger partial charge in [0.15, 0.2) is 0 Å². The van der Waals surface area contributed by atoms with E-state index in [4.69, 9.17) is 9.47 Å². The fourth-order valence-corrected chi connectivity index (χ4v) is 0.813. The van der Waals surface area contributed by atoms with Gasteiger partial charge < -0.3 is 9.47 Å². The number of allylic oxidation sites excluding steroid dienone is 1. The van der Waals surface area contributed by atoms with Crippen LogP contribution in [0.5, 0.6) is 0 Å². The van der Waals surface area contributed by atoms with E-state index < -0.39 is 0 Å². The maximum absolute atomic E-state index is 11.2. The molecule has 13 heavy (non-hydrogen) atoms. The minimum atomic E-state index is -0.322. The van der Waals surface area contributed by atoms with Crippen molar-refractivity contribution in [2.75, 3.05) is 13.2 Å². The van der Waals surface area contributed by atoms with E-state index in [9.17, 15) is 4.79 Å². The SMILES string of the molecule is C=CCCC(=C)C(=O)OCC1CO1. The Balaban J connectivity index is 2.12. The number of epoxide rings is 1.